The van der Waals surface area contributed by atoms with Crippen LogP contribution < -0.4 is 5.73 Å². The molecule has 1 heterocycles. The van der Waals surface area contributed by atoms with Gasteiger partial charge in [0.25, 0.3) is 0 Å². The van der Waals surface area contributed by atoms with Crippen LogP contribution >= 0.6 is 11.8 Å². The summed E-state index contributed by atoms with van der Waals surface area (Å²) in [6.45, 7) is 5.16. The SMILES string of the molecule is CC(C)c1ccc(C(CN)N(C)C2CCSC2)cc1. The van der Waals surface area contributed by atoms with Gasteiger partial charge < -0.3 is 5.73 Å². The van der Waals surface area contributed by atoms with E-state index in [9.17, 15) is 0 Å². The zero-order valence-electron chi connectivity index (χ0n) is 12.3. The van der Waals surface area contributed by atoms with E-state index in [0.717, 1.165) is 0 Å². The summed E-state index contributed by atoms with van der Waals surface area (Å²) in [6.07, 6.45) is 1.29. The standard InChI is InChI=1S/C16H26N2S/c1-12(2)13-4-6-14(7-5-13)16(10-17)18(3)15-8-9-19-11-15/h4-7,12,15-16H,8-11,17H2,1-3H3. The van der Waals surface area contributed by atoms with Crippen molar-refractivity contribution in [2.24, 2.45) is 5.73 Å². The average Bonchev–Trinajstić information content (AvgIpc) is 2.94. The molecule has 106 valence electrons. The fraction of sp³-hybridized carbons (Fsp3) is 0.625. The first kappa shape index (κ1) is 14.9. The molecule has 0 radical (unpaired) electrons. The van der Waals surface area contributed by atoms with E-state index in [1.54, 1.807) is 0 Å². The van der Waals surface area contributed by atoms with Gasteiger partial charge in [-0.05, 0) is 36.3 Å². The lowest BCUT2D eigenvalue weighted by Crippen LogP contribution is -2.38. The molecule has 0 amide bonds. The van der Waals surface area contributed by atoms with Crippen LogP contribution in [0.1, 0.15) is 43.4 Å². The maximum Gasteiger partial charge on any atom is 0.0470 e. The molecule has 2 nitrogen and oxygen atoms in total. The quantitative estimate of drug-likeness (QED) is 0.896. The molecule has 1 aliphatic rings. The van der Waals surface area contributed by atoms with Crippen molar-refractivity contribution in [1.82, 2.24) is 4.90 Å². The Bertz CT molecular complexity index is 382. The van der Waals surface area contributed by atoms with Crippen molar-refractivity contribution in [3.8, 4) is 0 Å². The largest absolute Gasteiger partial charge is 0.329 e. The molecule has 2 atom stereocenters. The molecule has 2 N–H and O–H groups in total. The number of nitrogens with zero attached hydrogens (tertiary/aromatic N) is 1. The lowest BCUT2D eigenvalue weighted by molar-refractivity contribution is 0.193. The van der Waals surface area contributed by atoms with Gasteiger partial charge >= 0.3 is 0 Å². The van der Waals surface area contributed by atoms with E-state index < -0.39 is 0 Å². The molecule has 1 fully saturated rings. The van der Waals surface area contributed by atoms with Gasteiger partial charge in [0.1, 0.15) is 0 Å². The van der Waals surface area contributed by atoms with Gasteiger partial charge in [0.15, 0.2) is 0 Å². The molecule has 19 heavy (non-hydrogen) atoms. The Morgan fingerprint density at radius 1 is 1.26 bits per heavy atom. The molecule has 0 spiro atoms. The van der Waals surface area contributed by atoms with E-state index in [0.29, 0.717) is 24.5 Å². The highest BCUT2D eigenvalue weighted by atomic mass is 32.2. The minimum Gasteiger partial charge on any atom is -0.329 e. The fourth-order valence-corrected chi connectivity index (χ4v) is 4.02. The molecule has 2 rings (SSSR count). The third-order valence-electron chi connectivity index (χ3n) is 4.18. The van der Waals surface area contributed by atoms with Gasteiger partial charge in [0.05, 0.1) is 0 Å². The van der Waals surface area contributed by atoms with Gasteiger partial charge in [-0.15, -0.1) is 0 Å². The maximum atomic E-state index is 6.02. The number of nitrogens with two attached hydrogens (primary N) is 1. The minimum atomic E-state index is 0.352. The van der Waals surface area contributed by atoms with E-state index in [4.69, 9.17) is 5.73 Å². The summed E-state index contributed by atoms with van der Waals surface area (Å²) in [5.74, 6) is 3.13. The van der Waals surface area contributed by atoms with Gasteiger partial charge in [-0.3, -0.25) is 4.90 Å². The second kappa shape index (κ2) is 6.78. The molecular weight excluding hydrogens is 252 g/mol. The Balaban J connectivity index is 2.11. The molecule has 1 saturated heterocycles. The highest BCUT2D eigenvalue weighted by molar-refractivity contribution is 7.99. The highest BCUT2D eigenvalue weighted by Gasteiger charge is 2.26. The molecule has 0 aromatic heterocycles. The van der Waals surface area contributed by atoms with E-state index in [1.165, 1.54) is 29.1 Å². The second-order valence-corrected chi connectivity index (χ2v) is 6.91. The van der Waals surface area contributed by atoms with Crippen LogP contribution in [-0.2, 0) is 0 Å². The fourth-order valence-electron chi connectivity index (χ4n) is 2.74. The monoisotopic (exact) mass is 278 g/mol. The third-order valence-corrected chi connectivity index (χ3v) is 5.33. The van der Waals surface area contributed by atoms with E-state index in [1.807, 2.05) is 0 Å². The van der Waals surface area contributed by atoms with E-state index in [-0.39, 0.29) is 0 Å². The van der Waals surface area contributed by atoms with Crippen molar-refractivity contribution in [3.63, 3.8) is 0 Å². The van der Waals surface area contributed by atoms with Crippen molar-refractivity contribution in [1.29, 1.82) is 0 Å². The minimum absolute atomic E-state index is 0.352. The van der Waals surface area contributed by atoms with Crippen LogP contribution in [0.3, 0.4) is 0 Å². The van der Waals surface area contributed by atoms with Crippen molar-refractivity contribution in [2.45, 2.75) is 38.3 Å². The number of benzene rings is 1. The third kappa shape index (κ3) is 3.53. The molecule has 3 heteroatoms. The molecular formula is C16H26N2S. The first-order valence-corrected chi connectivity index (χ1v) is 8.38. The smallest absolute Gasteiger partial charge is 0.0470 e. The Hall–Kier alpha value is -0.510. The first-order valence-electron chi connectivity index (χ1n) is 7.23. The number of hydrogen-bond donors (Lipinski definition) is 1. The molecule has 2 unspecified atom stereocenters. The molecule has 1 aliphatic heterocycles. The van der Waals surface area contributed by atoms with Crippen LogP contribution in [0.5, 0.6) is 0 Å². The van der Waals surface area contributed by atoms with Gasteiger partial charge in [-0.25, -0.2) is 0 Å². The van der Waals surface area contributed by atoms with Crippen molar-refractivity contribution in [3.05, 3.63) is 35.4 Å². The van der Waals surface area contributed by atoms with Crippen molar-refractivity contribution < 1.29 is 0 Å². The first-order chi connectivity index (χ1) is 9.13. The number of thioether (sulfide) groups is 1. The van der Waals surface area contributed by atoms with Crippen LogP contribution in [0.15, 0.2) is 24.3 Å². The summed E-state index contributed by atoms with van der Waals surface area (Å²) in [7, 11) is 2.23. The summed E-state index contributed by atoms with van der Waals surface area (Å²) < 4.78 is 0. The van der Waals surface area contributed by atoms with Crippen molar-refractivity contribution >= 4 is 11.8 Å². The summed E-state index contributed by atoms with van der Waals surface area (Å²) >= 11 is 2.06. The van der Waals surface area contributed by atoms with Crippen LogP contribution in [-0.4, -0.2) is 36.0 Å². The number of rotatable bonds is 5. The zero-order valence-corrected chi connectivity index (χ0v) is 13.1. The average molecular weight is 278 g/mol. The Morgan fingerprint density at radius 2 is 1.89 bits per heavy atom. The predicted molar refractivity (Wildman–Crippen MR) is 85.8 cm³/mol. The van der Waals surface area contributed by atoms with Crippen LogP contribution in [0.2, 0.25) is 0 Å². The Labute approximate surface area is 121 Å². The lowest BCUT2D eigenvalue weighted by atomic mass is 9.98. The second-order valence-electron chi connectivity index (χ2n) is 5.76. The Morgan fingerprint density at radius 3 is 2.37 bits per heavy atom. The zero-order chi connectivity index (χ0) is 13.8. The van der Waals surface area contributed by atoms with Gasteiger partial charge in [-0.2, -0.15) is 11.8 Å². The molecule has 0 saturated carbocycles. The summed E-state index contributed by atoms with van der Waals surface area (Å²) in [4.78, 5) is 2.48. The molecule has 1 aromatic carbocycles. The Kier molecular flexibility index (Phi) is 5.31. The van der Waals surface area contributed by atoms with Gasteiger partial charge in [-0.1, -0.05) is 38.1 Å². The molecule has 0 bridgehead atoms. The van der Waals surface area contributed by atoms with Crippen molar-refractivity contribution in [2.75, 3.05) is 25.1 Å². The summed E-state index contributed by atoms with van der Waals surface area (Å²) in [5, 5.41) is 0. The van der Waals surface area contributed by atoms with Crippen LogP contribution in [0.25, 0.3) is 0 Å². The molecule has 1 aromatic rings. The lowest BCUT2D eigenvalue weighted by Gasteiger charge is -2.32. The van der Waals surface area contributed by atoms with E-state index >= 15 is 0 Å². The maximum absolute atomic E-state index is 6.02. The van der Waals surface area contributed by atoms with Gasteiger partial charge in [0, 0.05) is 24.4 Å². The van der Waals surface area contributed by atoms with Crippen LogP contribution in [0.4, 0.5) is 0 Å². The normalized spacial score (nSPS) is 21.3. The van der Waals surface area contributed by atoms with E-state index in [2.05, 4.69) is 61.8 Å². The number of likely N-dealkylation sites (N-methyl/N-ethyl adjacent to an activating group) is 1. The van der Waals surface area contributed by atoms with Crippen LogP contribution in [0, 0.1) is 0 Å². The van der Waals surface area contributed by atoms with Gasteiger partial charge in [0.2, 0.25) is 0 Å². The number of hydrogen-bond acceptors (Lipinski definition) is 3. The topological polar surface area (TPSA) is 29.3 Å². The summed E-state index contributed by atoms with van der Waals surface area (Å²) in [6, 6.07) is 10.0. The predicted octanol–water partition coefficient (Wildman–Crippen LogP) is 3.25. The highest BCUT2D eigenvalue weighted by Crippen LogP contribution is 2.29. The molecule has 0 aliphatic carbocycles. The summed E-state index contributed by atoms with van der Waals surface area (Å²) in [5.41, 5.74) is 8.78.